The van der Waals surface area contributed by atoms with Gasteiger partial charge in [0.1, 0.15) is 11.2 Å². The molecule has 0 bridgehead atoms. The topological polar surface area (TPSA) is 39.2 Å². The highest BCUT2D eigenvalue weighted by molar-refractivity contribution is 6.05. The van der Waals surface area contributed by atoms with Crippen molar-refractivity contribution in [2.75, 3.05) is 5.73 Å². The van der Waals surface area contributed by atoms with Crippen LogP contribution in [-0.2, 0) is 0 Å². The van der Waals surface area contributed by atoms with Gasteiger partial charge in [-0.25, -0.2) is 0 Å². The van der Waals surface area contributed by atoms with Gasteiger partial charge in [-0.2, -0.15) is 0 Å². The highest BCUT2D eigenvalue weighted by atomic mass is 16.3. The van der Waals surface area contributed by atoms with Crippen molar-refractivity contribution in [3.05, 3.63) is 42.0 Å². The molecule has 0 saturated carbocycles. The molecule has 17 heavy (non-hydrogen) atoms. The summed E-state index contributed by atoms with van der Waals surface area (Å²) >= 11 is 0. The molecule has 2 heteroatoms. The molecule has 0 amide bonds. The Morgan fingerprint density at radius 3 is 2.41 bits per heavy atom. The lowest BCUT2D eigenvalue weighted by atomic mass is 10.1. The Hall–Kier alpha value is -1.96. The SMILES string of the molecule is CC.Cc1ccc2c(c1)oc1ccc(N)cc12. The van der Waals surface area contributed by atoms with Crippen LogP contribution in [0.25, 0.3) is 21.9 Å². The summed E-state index contributed by atoms with van der Waals surface area (Å²) in [5.74, 6) is 0. The third kappa shape index (κ3) is 1.98. The fourth-order valence-electron chi connectivity index (χ4n) is 1.90. The van der Waals surface area contributed by atoms with Crippen molar-refractivity contribution in [3.8, 4) is 0 Å². The highest BCUT2D eigenvalue weighted by Gasteiger charge is 2.06. The Morgan fingerprint density at radius 2 is 1.65 bits per heavy atom. The van der Waals surface area contributed by atoms with Gasteiger partial charge in [-0.15, -0.1) is 0 Å². The highest BCUT2D eigenvalue weighted by Crippen LogP contribution is 2.30. The number of nitrogen functional groups attached to an aromatic ring is 1. The van der Waals surface area contributed by atoms with E-state index in [2.05, 4.69) is 19.1 Å². The van der Waals surface area contributed by atoms with Crippen molar-refractivity contribution < 1.29 is 4.42 Å². The summed E-state index contributed by atoms with van der Waals surface area (Å²) in [6.07, 6.45) is 0. The largest absolute Gasteiger partial charge is 0.456 e. The molecule has 3 aromatic rings. The van der Waals surface area contributed by atoms with Crippen LogP contribution >= 0.6 is 0 Å². The van der Waals surface area contributed by atoms with Gasteiger partial charge in [0.2, 0.25) is 0 Å². The van der Waals surface area contributed by atoms with Crippen LogP contribution in [0.1, 0.15) is 19.4 Å². The lowest BCUT2D eigenvalue weighted by molar-refractivity contribution is 0.668. The first-order valence-electron chi connectivity index (χ1n) is 5.92. The van der Waals surface area contributed by atoms with Gasteiger partial charge in [-0.1, -0.05) is 26.0 Å². The van der Waals surface area contributed by atoms with Crippen LogP contribution in [0.15, 0.2) is 40.8 Å². The summed E-state index contributed by atoms with van der Waals surface area (Å²) in [5, 5.41) is 2.22. The smallest absolute Gasteiger partial charge is 0.135 e. The zero-order valence-electron chi connectivity index (χ0n) is 10.4. The molecular formula is C15H17NO. The van der Waals surface area contributed by atoms with E-state index in [1.807, 2.05) is 38.1 Å². The molecule has 0 spiro atoms. The Morgan fingerprint density at radius 1 is 0.882 bits per heavy atom. The summed E-state index contributed by atoms with van der Waals surface area (Å²) in [6.45, 7) is 6.06. The summed E-state index contributed by atoms with van der Waals surface area (Å²) in [7, 11) is 0. The summed E-state index contributed by atoms with van der Waals surface area (Å²) in [4.78, 5) is 0. The van der Waals surface area contributed by atoms with Crippen LogP contribution in [0, 0.1) is 6.92 Å². The summed E-state index contributed by atoms with van der Waals surface area (Å²) in [5.41, 5.74) is 9.55. The zero-order valence-corrected chi connectivity index (χ0v) is 10.4. The van der Waals surface area contributed by atoms with Crippen molar-refractivity contribution in [2.45, 2.75) is 20.8 Å². The van der Waals surface area contributed by atoms with E-state index < -0.39 is 0 Å². The molecule has 2 N–H and O–H groups in total. The molecule has 2 nitrogen and oxygen atoms in total. The number of hydrogen-bond acceptors (Lipinski definition) is 2. The number of benzene rings is 2. The predicted octanol–water partition coefficient (Wildman–Crippen LogP) is 4.50. The number of rotatable bonds is 0. The third-order valence-corrected chi connectivity index (χ3v) is 2.65. The third-order valence-electron chi connectivity index (χ3n) is 2.65. The van der Waals surface area contributed by atoms with E-state index in [1.54, 1.807) is 0 Å². The molecule has 0 saturated heterocycles. The molecule has 0 fully saturated rings. The Bertz CT molecular complexity index is 652. The number of furan rings is 1. The molecule has 0 unspecified atom stereocenters. The van der Waals surface area contributed by atoms with Gasteiger partial charge in [0.15, 0.2) is 0 Å². The molecule has 88 valence electrons. The lowest BCUT2D eigenvalue weighted by Crippen LogP contribution is -1.81. The maximum atomic E-state index is 5.76. The van der Waals surface area contributed by atoms with E-state index in [0.717, 1.165) is 27.6 Å². The molecule has 0 aliphatic heterocycles. The minimum Gasteiger partial charge on any atom is -0.456 e. The molecule has 1 aromatic heterocycles. The van der Waals surface area contributed by atoms with Crippen LogP contribution in [0.4, 0.5) is 5.69 Å². The maximum absolute atomic E-state index is 5.76. The van der Waals surface area contributed by atoms with Crippen LogP contribution < -0.4 is 5.73 Å². The second kappa shape index (κ2) is 4.50. The second-order valence-corrected chi connectivity index (χ2v) is 3.86. The van der Waals surface area contributed by atoms with Crippen LogP contribution in [0.2, 0.25) is 0 Å². The molecule has 0 aliphatic carbocycles. The fraction of sp³-hybridized carbons (Fsp3) is 0.200. The molecule has 0 radical (unpaired) electrons. The van der Waals surface area contributed by atoms with E-state index in [-0.39, 0.29) is 0 Å². The van der Waals surface area contributed by atoms with Crippen molar-refractivity contribution in [1.29, 1.82) is 0 Å². The number of anilines is 1. The van der Waals surface area contributed by atoms with Crippen molar-refractivity contribution >= 4 is 27.6 Å². The number of hydrogen-bond donors (Lipinski definition) is 1. The van der Waals surface area contributed by atoms with Gasteiger partial charge >= 0.3 is 0 Å². The fourth-order valence-corrected chi connectivity index (χ4v) is 1.90. The van der Waals surface area contributed by atoms with E-state index in [4.69, 9.17) is 10.2 Å². The number of nitrogens with two attached hydrogens (primary N) is 1. The molecule has 3 rings (SSSR count). The van der Waals surface area contributed by atoms with Gasteiger partial charge in [0.25, 0.3) is 0 Å². The van der Waals surface area contributed by atoms with E-state index >= 15 is 0 Å². The Labute approximate surface area is 101 Å². The predicted molar refractivity (Wildman–Crippen MR) is 74.2 cm³/mol. The van der Waals surface area contributed by atoms with E-state index in [9.17, 15) is 0 Å². The van der Waals surface area contributed by atoms with Crippen LogP contribution in [0.3, 0.4) is 0 Å². The average Bonchev–Trinajstić information content (AvgIpc) is 2.68. The monoisotopic (exact) mass is 227 g/mol. The number of fused-ring (bicyclic) bond motifs is 3. The molecule has 1 heterocycles. The second-order valence-electron chi connectivity index (χ2n) is 3.86. The Kier molecular flexibility index (Phi) is 3.05. The molecule has 0 atom stereocenters. The van der Waals surface area contributed by atoms with Crippen molar-refractivity contribution in [2.24, 2.45) is 0 Å². The maximum Gasteiger partial charge on any atom is 0.135 e. The van der Waals surface area contributed by atoms with E-state index in [0.29, 0.717) is 0 Å². The van der Waals surface area contributed by atoms with Gasteiger partial charge < -0.3 is 10.2 Å². The standard InChI is InChI=1S/C13H11NO.C2H6/c1-8-2-4-10-11-7-9(14)3-5-12(11)15-13(10)6-8;1-2/h2-7H,14H2,1H3;1-2H3. The first-order chi connectivity index (χ1) is 8.24. The van der Waals surface area contributed by atoms with Gasteiger partial charge in [-0.05, 0) is 36.8 Å². The lowest BCUT2D eigenvalue weighted by Gasteiger charge is -1.92. The van der Waals surface area contributed by atoms with Crippen molar-refractivity contribution in [3.63, 3.8) is 0 Å². The first-order valence-corrected chi connectivity index (χ1v) is 5.92. The van der Waals surface area contributed by atoms with Gasteiger partial charge in [0, 0.05) is 16.5 Å². The quantitative estimate of drug-likeness (QED) is 0.574. The van der Waals surface area contributed by atoms with Crippen LogP contribution in [-0.4, -0.2) is 0 Å². The molecular weight excluding hydrogens is 210 g/mol. The van der Waals surface area contributed by atoms with Crippen molar-refractivity contribution in [1.82, 2.24) is 0 Å². The van der Waals surface area contributed by atoms with Crippen LogP contribution in [0.5, 0.6) is 0 Å². The normalized spacial score (nSPS) is 10.3. The summed E-state index contributed by atoms with van der Waals surface area (Å²) in [6, 6.07) is 11.9. The molecule has 2 aromatic carbocycles. The van der Waals surface area contributed by atoms with E-state index in [1.165, 1.54) is 5.56 Å². The molecule has 0 aliphatic rings. The minimum atomic E-state index is 0.769. The van der Waals surface area contributed by atoms with Gasteiger partial charge in [0.05, 0.1) is 0 Å². The van der Waals surface area contributed by atoms with Gasteiger partial charge in [-0.3, -0.25) is 0 Å². The Balaban J connectivity index is 0.000000514. The minimum absolute atomic E-state index is 0.769. The number of aryl methyl sites for hydroxylation is 1. The first kappa shape index (κ1) is 11.5. The average molecular weight is 227 g/mol. The zero-order chi connectivity index (χ0) is 12.4. The summed E-state index contributed by atoms with van der Waals surface area (Å²) < 4.78 is 5.73.